The van der Waals surface area contributed by atoms with Crippen molar-refractivity contribution in [3.63, 3.8) is 0 Å². The fourth-order valence-electron chi connectivity index (χ4n) is 3.67. The van der Waals surface area contributed by atoms with E-state index in [0.29, 0.717) is 34.9 Å². The van der Waals surface area contributed by atoms with Crippen LogP contribution in [0.1, 0.15) is 22.3 Å². The first-order chi connectivity index (χ1) is 19.3. The molecule has 0 unspecified atom stereocenters. The second-order valence-electron chi connectivity index (χ2n) is 8.82. The molecule has 0 radical (unpaired) electrons. The summed E-state index contributed by atoms with van der Waals surface area (Å²) in [4.78, 5) is 23.5. The maximum atomic E-state index is 12.9. The minimum absolute atomic E-state index is 0.0358. The van der Waals surface area contributed by atoms with Gasteiger partial charge in [-0.2, -0.15) is 5.26 Å². The number of anilines is 1. The van der Waals surface area contributed by atoms with Gasteiger partial charge in [0.1, 0.15) is 36.4 Å². The number of halogens is 1. The molecule has 4 aromatic carbocycles. The van der Waals surface area contributed by atoms with Gasteiger partial charge >= 0.3 is 0 Å². The number of non-ortho nitro benzene ring substituents is 1. The third kappa shape index (κ3) is 7.79. The molecule has 9 heteroatoms. The van der Waals surface area contributed by atoms with Gasteiger partial charge in [-0.25, -0.2) is 0 Å². The number of carbonyl (C=O) groups is 1. The Labute approximate surface area is 239 Å². The largest absolute Gasteiger partial charge is 0.489 e. The highest BCUT2D eigenvalue weighted by molar-refractivity contribution is 9.10. The zero-order valence-corrected chi connectivity index (χ0v) is 23.1. The topological polar surface area (TPSA) is 114 Å². The summed E-state index contributed by atoms with van der Waals surface area (Å²) < 4.78 is 12.4. The number of ether oxygens (including phenoxy) is 2. The molecule has 0 saturated heterocycles. The molecule has 4 rings (SSSR count). The summed E-state index contributed by atoms with van der Waals surface area (Å²) in [7, 11) is 0. The Morgan fingerprint density at radius 2 is 1.70 bits per heavy atom. The Kier molecular flexibility index (Phi) is 9.28. The van der Waals surface area contributed by atoms with Crippen LogP contribution >= 0.6 is 15.9 Å². The van der Waals surface area contributed by atoms with Crippen LogP contribution in [0.15, 0.2) is 101 Å². The van der Waals surface area contributed by atoms with Crippen LogP contribution in [0.2, 0.25) is 0 Å². The lowest BCUT2D eigenvalue weighted by molar-refractivity contribution is -0.384. The summed E-state index contributed by atoms with van der Waals surface area (Å²) in [5.41, 5.74) is 3.67. The quantitative estimate of drug-likeness (QED) is 0.0883. The van der Waals surface area contributed by atoms with E-state index in [9.17, 15) is 20.2 Å². The molecule has 0 saturated carbocycles. The molecule has 0 atom stereocenters. The Morgan fingerprint density at radius 3 is 2.40 bits per heavy atom. The van der Waals surface area contributed by atoms with Crippen LogP contribution in [0, 0.1) is 28.4 Å². The van der Waals surface area contributed by atoms with Crippen LogP contribution in [-0.4, -0.2) is 10.8 Å². The van der Waals surface area contributed by atoms with Gasteiger partial charge < -0.3 is 14.8 Å². The summed E-state index contributed by atoms with van der Waals surface area (Å²) in [5.74, 6) is 0.472. The van der Waals surface area contributed by atoms with E-state index in [1.54, 1.807) is 54.6 Å². The van der Waals surface area contributed by atoms with Crippen LogP contribution in [0.4, 0.5) is 11.4 Å². The second-order valence-corrected chi connectivity index (χ2v) is 9.74. The highest BCUT2D eigenvalue weighted by Crippen LogP contribution is 2.27. The molecule has 1 amide bonds. The molecule has 40 heavy (non-hydrogen) atoms. The van der Waals surface area contributed by atoms with Gasteiger partial charge in [-0.1, -0.05) is 57.9 Å². The number of nitro groups is 1. The second kappa shape index (κ2) is 13.2. The lowest BCUT2D eigenvalue weighted by Gasteiger charge is -2.11. The zero-order chi connectivity index (χ0) is 28.5. The van der Waals surface area contributed by atoms with Gasteiger partial charge in [-0.3, -0.25) is 14.9 Å². The van der Waals surface area contributed by atoms with E-state index < -0.39 is 10.8 Å². The normalized spacial score (nSPS) is 10.9. The fourth-order valence-corrected chi connectivity index (χ4v) is 4.05. The standard InChI is InChI=1S/C31H24BrN3O5/c1-21-5-7-22(8-6-21)19-39-29-12-10-27(11-13-29)34-31(36)25(18-33)16-24-17-26(32)9-14-30(24)40-20-23-3-2-4-28(15-23)35(37)38/h2-17H,19-20H2,1H3,(H,34,36)/b25-16+. The number of hydrogen-bond acceptors (Lipinski definition) is 6. The first kappa shape index (κ1) is 28.1. The van der Waals surface area contributed by atoms with E-state index in [2.05, 4.69) is 21.2 Å². The van der Waals surface area contributed by atoms with Crippen molar-refractivity contribution in [2.45, 2.75) is 20.1 Å². The smallest absolute Gasteiger partial charge is 0.269 e. The van der Waals surface area contributed by atoms with E-state index >= 15 is 0 Å². The summed E-state index contributed by atoms with van der Waals surface area (Å²) in [5, 5.41) is 23.5. The van der Waals surface area contributed by atoms with Crippen molar-refractivity contribution in [3.8, 4) is 17.6 Å². The van der Waals surface area contributed by atoms with Crippen LogP contribution in [0.5, 0.6) is 11.5 Å². The average Bonchev–Trinajstić information content (AvgIpc) is 2.96. The van der Waals surface area contributed by atoms with E-state index in [4.69, 9.17) is 9.47 Å². The predicted molar refractivity (Wildman–Crippen MR) is 156 cm³/mol. The van der Waals surface area contributed by atoms with Gasteiger partial charge in [-0.05, 0) is 66.6 Å². The van der Waals surface area contributed by atoms with E-state index in [1.807, 2.05) is 37.3 Å². The van der Waals surface area contributed by atoms with Crippen molar-refractivity contribution in [3.05, 3.63) is 133 Å². The third-order valence-corrected chi connectivity index (χ3v) is 6.28. The van der Waals surface area contributed by atoms with Crippen LogP contribution in [-0.2, 0) is 18.0 Å². The molecule has 0 heterocycles. The van der Waals surface area contributed by atoms with Crippen LogP contribution in [0.3, 0.4) is 0 Å². The summed E-state index contributed by atoms with van der Waals surface area (Å²) in [6, 6.07) is 28.2. The molecule has 4 aromatic rings. The molecular formula is C31H24BrN3O5. The number of amides is 1. The molecule has 0 aromatic heterocycles. The van der Waals surface area contributed by atoms with Crippen LogP contribution < -0.4 is 14.8 Å². The molecule has 200 valence electrons. The highest BCUT2D eigenvalue weighted by atomic mass is 79.9. The third-order valence-electron chi connectivity index (χ3n) is 5.79. The number of hydrogen-bond donors (Lipinski definition) is 1. The molecule has 0 aliphatic rings. The molecule has 0 aliphatic heterocycles. The summed E-state index contributed by atoms with van der Waals surface area (Å²) in [6.07, 6.45) is 1.43. The van der Waals surface area contributed by atoms with Gasteiger partial charge in [0.15, 0.2) is 0 Å². The number of nitrogens with zero attached hydrogens (tertiary/aromatic N) is 2. The number of nitriles is 1. The number of carbonyl (C=O) groups excluding carboxylic acids is 1. The van der Waals surface area contributed by atoms with E-state index in [-0.39, 0.29) is 17.9 Å². The maximum Gasteiger partial charge on any atom is 0.269 e. The average molecular weight is 598 g/mol. The van der Waals surface area contributed by atoms with E-state index in [0.717, 1.165) is 10.0 Å². The molecule has 0 aliphatic carbocycles. The molecule has 0 fully saturated rings. The van der Waals surface area contributed by atoms with Crippen molar-refractivity contribution >= 4 is 39.3 Å². The van der Waals surface area contributed by atoms with Gasteiger partial charge in [0, 0.05) is 27.9 Å². The number of rotatable bonds is 10. The number of aryl methyl sites for hydroxylation is 1. The summed E-state index contributed by atoms with van der Waals surface area (Å²) >= 11 is 3.40. The van der Waals surface area contributed by atoms with Crippen molar-refractivity contribution in [1.29, 1.82) is 5.26 Å². The first-order valence-corrected chi connectivity index (χ1v) is 13.0. The SMILES string of the molecule is Cc1ccc(COc2ccc(NC(=O)/C(C#N)=C/c3cc(Br)ccc3OCc3cccc([N+](=O)[O-])c3)cc2)cc1. The zero-order valence-electron chi connectivity index (χ0n) is 21.5. The molecule has 1 N–H and O–H groups in total. The van der Waals surface area contributed by atoms with Crippen LogP contribution in [0.25, 0.3) is 6.08 Å². The lowest BCUT2D eigenvalue weighted by atomic mass is 10.1. The number of nitrogens with one attached hydrogen (secondary N) is 1. The Hall–Kier alpha value is -4.94. The highest BCUT2D eigenvalue weighted by Gasteiger charge is 2.13. The maximum absolute atomic E-state index is 12.9. The molecular weight excluding hydrogens is 574 g/mol. The Balaban J connectivity index is 1.43. The molecule has 8 nitrogen and oxygen atoms in total. The lowest BCUT2D eigenvalue weighted by Crippen LogP contribution is -2.13. The van der Waals surface area contributed by atoms with E-state index in [1.165, 1.54) is 23.8 Å². The molecule has 0 spiro atoms. The van der Waals surface area contributed by atoms with Gasteiger partial charge in [-0.15, -0.1) is 0 Å². The monoisotopic (exact) mass is 597 g/mol. The molecule has 0 bridgehead atoms. The van der Waals surface area contributed by atoms with Crippen molar-refractivity contribution in [1.82, 2.24) is 0 Å². The number of nitro benzene ring substituents is 1. The Bertz CT molecular complexity index is 1590. The van der Waals surface area contributed by atoms with Gasteiger partial charge in [0.05, 0.1) is 4.92 Å². The predicted octanol–water partition coefficient (Wildman–Crippen LogP) is 7.37. The van der Waals surface area contributed by atoms with Crippen molar-refractivity contribution in [2.75, 3.05) is 5.32 Å². The van der Waals surface area contributed by atoms with Gasteiger partial charge in [0.2, 0.25) is 0 Å². The van der Waals surface area contributed by atoms with Gasteiger partial charge in [0.25, 0.3) is 11.6 Å². The van der Waals surface area contributed by atoms with Crippen molar-refractivity contribution < 1.29 is 19.2 Å². The number of benzene rings is 4. The minimum atomic E-state index is -0.583. The Morgan fingerprint density at radius 1 is 0.975 bits per heavy atom. The van der Waals surface area contributed by atoms with Crippen molar-refractivity contribution in [2.24, 2.45) is 0 Å². The minimum Gasteiger partial charge on any atom is -0.489 e. The first-order valence-electron chi connectivity index (χ1n) is 12.2. The summed E-state index contributed by atoms with van der Waals surface area (Å²) in [6.45, 7) is 2.52. The fraction of sp³-hybridized carbons (Fsp3) is 0.0968.